The van der Waals surface area contributed by atoms with Crippen LogP contribution in [0.25, 0.3) is 0 Å². The van der Waals surface area contributed by atoms with E-state index in [4.69, 9.17) is 0 Å². The van der Waals surface area contributed by atoms with Gasteiger partial charge in [-0.2, -0.15) is 0 Å². The van der Waals surface area contributed by atoms with Gasteiger partial charge >= 0.3 is 0 Å². The second-order valence-electron chi connectivity index (χ2n) is 7.93. The molecule has 0 aromatic heterocycles. The highest BCUT2D eigenvalue weighted by atomic mass is 14.6. The van der Waals surface area contributed by atoms with E-state index in [2.05, 4.69) is 88.4 Å². The summed E-state index contributed by atoms with van der Waals surface area (Å²) in [5.74, 6) is 1.43. The number of hydrogen-bond acceptors (Lipinski definition) is 0. The fourth-order valence-electron chi connectivity index (χ4n) is 4.82. The molecular formula is C22H28. The van der Waals surface area contributed by atoms with Gasteiger partial charge < -0.3 is 0 Å². The molecule has 0 bridgehead atoms. The molecule has 0 amide bonds. The lowest BCUT2D eigenvalue weighted by molar-refractivity contribution is 0.00276. The van der Waals surface area contributed by atoms with E-state index in [1.54, 1.807) is 0 Å². The van der Waals surface area contributed by atoms with E-state index in [1.165, 1.54) is 24.0 Å². The summed E-state index contributed by atoms with van der Waals surface area (Å²) < 4.78 is 0. The predicted molar refractivity (Wildman–Crippen MR) is 95.2 cm³/mol. The predicted octanol–water partition coefficient (Wildman–Crippen LogP) is 5.97. The molecule has 0 saturated heterocycles. The Hall–Kier alpha value is -1.56. The van der Waals surface area contributed by atoms with E-state index in [0.717, 1.165) is 5.92 Å². The average Bonchev–Trinajstić information content (AvgIpc) is 2.54. The van der Waals surface area contributed by atoms with Crippen LogP contribution >= 0.6 is 0 Å². The summed E-state index contributed by atoms with van der Waals surface area (Å²) in [5.41, 5.74) is 3.62. The molecule has 1 aliphatic carbocycles. The third kappa shape index (κ3) is 2.39. The van der Waals surface area contributed by atoms with E-state index >= 15 is 0 Å². The van der Waals surface area contributed by atoms with E-state index in [9.17, 15) is 0 Å². The fraction of sp³-hybridized carbons (Fsp3) is 0.455. The first-order valence-corrected chi connectivity index (χ1v) is 8.58. The van der Waals surface area contributed by atoms with Crippen LogP contribution in [0.3, 0.4) is 0 Å². The molecule has 0 nitrogen and oxygen atoms in total. The van der Waals surface area contributed by atoms with Crippen molar-refractivity contribution in [3.05, 3.63) is 71.8 Å². The molecule has 1 fully saturated rings. The lowest BCUT2D eigenvalue weighted by atomic mass is 9.41. The van der Waals surface area contributed by atoms with Gasteiger partial charge in [0.05, 0.1) is 0 Å². The van der Waals surface area contributed by atoms with Crippen LogP contribution in [-0.4, -0.2) is 0 Å². The van der Waals surface area contributed by atoms with Crippen LogP contribution in [0, 0.1) is 11.8 Å². The van der Waals surface area contributed by atoms with Gasteiger partial charge in [0, 0.05) is 0 Å². The first kappa shape index (κ1) is 15.3. The normalized spacial score (nSPS) is 31.0. The molecule has 1 saturated carbocycles. The van der Waals surface area contributed by atoms with Crippen LogP contribution in [-0.2, 0) is 10.8 Å². The minimum Gasteiger partial charge on any atom is -0.0628 e. The van der Waals surface area contributed by atoms with Crippen molar-refractivity contribution >= 4 is 0 Å². The molecule has 116 valence electrons. The molecule has 22 heavy (non-hydrogen) atoms. The second-order valence-corrected chi connectivity index (χ2v) is 7.93. The summed E-state index contributed by atoms with van der Waals surface area (Å²) in [4.78, 5) is 0. The third-order valence-electron chi connectivity index (χ3n) is 5.85. The Kier molecular flexibility index (Phi) is 3.89. The third-order valence-corrected chi connectivity index (χ3v) is 5.85. The van der Waals surface area contributed by atoms with Crippen LogP contribution in [0.4, 0.5) is 0 Å². The SMILES string of the molecule is CC(C)CC1C(C)(c2ccccc2)CC1(C)c1ccccc1. The maximum atomic E-state index is 2.47. The molecule has 0 spiro atoms. The largest absolute Gasteiger partial charge is 0.0628 e. The summed E-state index contributed by atoms with van der Waals surface area (Å²) in [5, 5.41) is 0. The molecule has 2 unspecified atom stereocenters. The number of benzene rings is 2. The van der Waals surface area contributed by atoms with Crippen molar-refractivity contribution in [1.29, 1.82) is 0 Å². The summed E-state index contributed by atoms with van der Waals surface area (Å²) in [6.45, 7) is 9.66. The summed E-state index contributed by atoms with van der Waals surface area (Å²) in [6, 6.07) is 22.3. The lowest BCUT2D eigenvalue weighted by Gasteiger charge is -2.62. The highest BCUT2D eigenvalue weighted by Gasteiger charge is 2.58. The Morgan fingerprint density at radius 1 is 0.818 bits per heavy atom. The minimum atomic E-state index is 0.302. The molecule has 2 atom stereocenters. The van der Waals surface area contributed by atoms with E-state index in [1.807, 2.05) is 0 Å². The van der Waals surface area contributed by atoms with Gasteiger partial charge in [0.2, 0.25) is 0 Å². The first-order chi connectivity index (χ1) is 10.5. The fourth-order valence-corrected chi connectivity index (χ4v) is 4.82. The van der Waals surface area contributed by atoms with Gasteiger partial charge in [0.15, 0.2) is 0 Å². The van der Waals surface area contributed by atoms with Gasteiger partial charge in [-0.3, -0.25) is 0 Å². The summed E-state index contributed by atoms with van der Waals surface area (Å²) in [6.07, 6.45) is 2.53. The van der Waals surface area contributed by atoms with Crippen molar-refractivity contribution in [3.63, 3.8) is 0 Å². The molecule has 2 aromatic carbocycles. The lowest BCUT2D eigenvalue weighted by Crippen LogP contribution is -2.59. The quantitative estimate of drug-likeness (QED) is 0.651. The Morgan fingerprint density at radius 2 is 1.23 bits per heavy atom. The zero-order valence-electron chi connectivity index (χ0n) is 14.3. The number of rotatable bonds is 4. The molecule has 0 radical (unpaired) electrons. The first-order valence-electron chi connectivity index (χ1n) is 8.58. The molecule has 0 aliphatic heterocycles. The highest BCUT2D eigenvalue weighted by molar-refractivity contribution is 5.40. The second kappa shape index (κ2) is 5.57. The Bertz CT molecular complexity index is 562. The van der Waals surface area contributed by atoms with Gasteiger partial charge in [0.1, 0.15) is 0 Å². The Morgan fingerprint density at radius 3 is 1.59 bits per heavy atom. The van der Waals surface area contributed by atoms with E-state index in [0.29, 0.717) is 16.7 Å². The maximum absolute atomic E-state index is 2.47. The molecule has 1 aliphatic rings. The molecule has 3 rings (SSSR count). The average molecular weight is 292 g/mol. The van der Waals surface area contributed by atoms with Gasteiger partial charge in [-0.15, -0.1) is 0 Å². The van der Waals surface area contributed by atoms with Crippen LogP contribution in [0.2, 0.25) is 0 Å². The number of hydrogen-bond donors (Lipinski definition) is 0. The minimum absolute atomic E-state index is 0.302. The molecule has 0 heterocycles. The topological polar surface area (TPSA) is 0 Å². The molecule has 2 aromatic rings. The van der Waals surface area contributed by atoms with Crippen molar-refractivity contribution in [2.24, 2.45) is 11.8 Å². The van der Waals surface area contributed by atoms with Crippen LogP contribution in [0.15, 0.2) is 60.7 Å². The molecule has 0 heteroatoms. The van der Waals surface area contributed by atoms with E-state index < -0.39 is 0 Å². The monoisotopic (exact) mass is 292 g/mol. The van der Waals surface area contributed by atoms with Crippen molar-refractivity contribution < 1.29 is 0 Å². The van der Waals surface area contributed by atoms with E-state index in [-0.39, 0.29) is 0 Å². The smallest absolute Gasteiger partial charge is 0.00301 e. The van der Waals surface area contributed by atoms with Crippen molar-refractivity contribution in [1.82, 2.24) is 0 Å². The molecular weight excluding hydrogens is 264 g/mol. The van der Waals surface area contributed by atoms with Crippen LogP contribution in [0.1, 0.15) is 51.7 Å². The Labute approximate surface area is 135 Å². The molecule has 0 N–H and O–H groups in total. The summed E-state index contributed by atoms with van der Waals surface area (Å²) in [7, 11) is 0. The maximum Gasteiger partial charge on any atom is -0.00301 e. The van der Waals surface area contributed by atoms with Crippen molar-refractivity contribution in [2.75, 3.05) is 0 Å². The zero-order valence-corrected chi connectivity index (χ0v) is 14.3. The van der Waals surface area contributed by atoms with Crippen LogP contribution in [0.5, 0.6) is 0 Å². The zero-order chi connectivity index (χ0) is 15.8. The Balaban J connectivity index is 1.99. The van der Waals surface area contributed by atoms with Gasteiger partial charge in [0.25, 0.3) is 0 Å². The van der Waals surface area contributed by atoms with Gasteiger partial charge in [-0.25, -0.2) is 0 Å². The van der Waals surface area contributed by atoms with Crippen molar-refractivity contribution in [2.45, 2.75) is 51.4 Å². The van der Waals surface area contributed by atoms with Gasteiger partial charge in [-0.05, 0) is 46.6 Å². The standard InChI is InChI=1S/C22H28/c1-17(2)15-20-21(3,18-11-7-5-8-12-18)16-22(20,4)19-13-9-6-10-14-19/h5-14,17,20H,15-16H2,1-4H3. The summed E-state index contributed by atoms with van der Waals surface area (Å²) >= 11 is 0. The highest BCUT2D eigenvalue weighted by Crippen LogP contribution is 2.62. The van der Waals surface area contributed by atoms with Gasteiger partial charge in [-0.1, -0.05) is 88.4 Å². The van der Waals surface area contributed by atoms with Crippen LogP contribution < -0.4 is 0 Å². The van der Waals surface area contributed by atoms with Crippen molar-refractivity contribution in [3.8, 4) is 0 Å².